The molecule has 2 saturated heterocycles. The van der Waals surface area contributed by atoms with Gasteiger partial charge in [-0.2, -0.15) is 0 Å². The molecule has 2 aromatic carbocycles. The first-order valence-electron chi connectivity index (χ1n) is 12.2. The van der Waals surface area contributed by atoms with Crippen molar-refractivity contribution in [3.8, 4) is 5.75 Å². The molecule has 2 aliphatic heterocycles. The van der Waals surface area contributed by atoms with E-state index in [1.807, 2.05) is 18.2 Å². The Morgan fingerprint density at radius 1 is 1.15 bits per heavy atom. The standard InChI is InChI=1S/C26H34N4O4/c1-19-10-14-29(15-11-19)23-9-8-21(17-24(23)30(32)33)26(31)27-18-25(28-12-3-4-13-28)20-6-5-7-22(16-20)34-2/h5-9,16-17,19,25H,3-4,10-15,18H2,1-2H3,(H,27,31). The van der Waals surface area contributed by atoms with E-state index >= 15 is 0 Å². The Balaban J connectivity index is 1.50. The third-order valence-corrected chi connectivity index (χ3v) is 7.07. The zero-order valence-electron chi connectivity index (χ0n) is 20.0. The van der Waals surface area contributed by atoms with Crippen molar-refractivity contribution in [3.05, 3.63) is 63.7 Å². The monoisotopic (exact) mass is 466 g/mol. The molecule has 8 nitrogen and oxygen atoms in total. The van der Waals surface area contributed by atoms with E-state index in [4.69, 9.17) is 4.74 Å². The van der Waals surface area contributed by atoms with Crippen LogP contribution in [0.25, 0.3) is 0 Å². The fraction of sp³-hybridized carbons (Fsp3) is 0.500. The predicted octanol–water partition coefficient (Wildman–Crippen LogP) is 4.41. The minimum atomic E-state index is -0.382. The van der Waals surface area contributed by atoms with Crippen molar-refractivity contribution in [2.45, 2.75) is 38.6 Å². The number of nitro benzene ring substituents is 1. The molecule has 1 N–H and O–H groups in total. The third kappa shape index (κ3) is 5.50. The number of methoxy groups -OCH3 is 1. The summed E-state index contributed by atoms with van der Waals surface area (Å²) >= 11 is 0. The van der Waals surface area contributed by atoms with Gasteiger partial charge in [-0.15, -0.1) is 0 Å². The lowest BCUT2D eigenvalue weighted by atomic mass is 9.98. The third-order valence-electron chi connectivity index (χ3n) is 7.07. The van der Waals surface area contributed by atoms with Crippen LogP contribution >= 0.6 is 0 Å². The number of piperidine rings is 1. The maximum absolute atomic E-state index is 13.0. The predicted molar refractivity (Wildman–Crippen MR) is 133 cm³/mol. The number of anilines is 1. The molecule has 0 saturated carbocycles. The fourth-order valence-corrected chi connectivity index (χ4v) is 4.98. The van der Waals surface area contributed by atoms with Gasteiger partial charge in [-0.3, -0.25) is 19.8 Å². The Bertz CT molecular complexity index is 1010. The van der Waals surface area contributed by atoms with Gasteiger partial charge in [0.1, 0.15) is 11.4 Å². The van der Waals surface area contributed by atoms with Gasteiger partial charge >= 0.3 is 0 Å². The maximum atomic E-state index is 13.0. The number of ether oxygens (including phenoxy) is 1. The highest BCUT2D eigenvalue weighted by Gasteiger charge is 2.27. The number of hydrogen-bond donors (Lipinski definition) is 1. The summed E-state index contributed by atoms with van der Waals surface area (Å²) in [5, 5.41) is 14.8. The molecule has 1 amide bonds. The summed E-state index contributed by atoms with van der Waals surface area (Å²) < 4.78 is 5.39. The van der Waals surface area contributed by atoms with Gasteiger partial charge in [0, 0.05) is 31.3 Å². The molecule has 0 aromatic heterocycles. The van der Waals surface area contributed by atoms with Crippen LogP contribution in [0.5, 0.6) is 5.75 Å². The topological polar surface area (TPSA) is 87.9 Å². The van der Waals surface area contributed by atoms with E-state index in [2.05, 4.69) is 28.1 Å². The number of benzene rings is 2. The second kappa shape index (κ2) is 10.9. The van der Waals surface area contributed by atoms with Gasteiger partial charge in [-0.05, 0) is 74.5 Å². The number of nitrogens with one attached hydrogen (secondary N) is 1. The lowest BCUT2D eigenvalue weighted by molar-refractivity contribution is -0.384. The molecule has 2 aliphatic rings. The Morgan fingerprint density at radius 3 is 2.56 bits per heavy atom. The average molecular weight is 467 g/mol. The molecular weight excluding hydrogens is 432 g/mol. The van der Waals surface area contributed by atoms with Crippen molar-refractivity contribution < 1.29 is 14.5 Å². The molecule has 8 heteroatoms. The van der Waals surface area contributed by atoms with Crippen LogP contribution in [-0.2, 0) is 0 Å². The van der Waals surface area contributed by atoms with Crippen LogP contribution in [0.4, 0.5) is 11.4 Å². The highest BCUT2D eigenvalue weighted by Crippen LogP contribution is 2.33. The molecule has 0 aliphatic carbocycles. The number of nitro groups is 1. The average Bonchev–Trinajstić information content (AvgIpc) is 3.39. The van der Waals surface area contributed by atoms with E-state index < -0.39 is 0 Å². The van der Waals surface area contributed by atoms with Crippen LogP contribution in [0.1, 0.15) is 54.6 Å². The van der Waals surface area contributed by atoms with Gasteiger partial charge in [0.25, 0.3) is 11.6 Å². The van der Waals surface area contributed by atoms with Gasteiger partial charge in [0.2, 0.25) is 0 Å². The van der Waals surface area contributed by atoms with Crippen molar-refractivity contribution in [2.75, 3.05) is 44.7 Å². The first kappa shape index (κ1) is 24.0. The van der Waals surface area contributed by atoms with E-state index in [1.54, 1.807) is 19.2 Å². The van der Waals surface area contributed by atoms with E-state index in [0.29, 0.717) is 23.7 Å². The Hall–Kier alpha value is -3.13. The van der Waals surface area contributed by atoms with Crippen molar-refractivity contribution in [3.63, 3.8) is 0 Å². The summed E-state index contributed by atoms with van der Waals surface area (Å²) in [6.07, 6.45) is 4.30. The van der Waals surface area contributed by atoms with Crippen LogP contribution in [0.3, 0.4) is 0 Å². The van der Waals surface area contributed by atoms with Crippen LogP contribution in [-0.4, -0.2) is 55.6 Å². The number of hydrogen-bond acceptors (Lipinski definition) is 6. The number of carbonyl (C=O) groups excluding carboxylic acids is 1. The zero-order valence-corrected chi connectivity index (χ0v) is 20.0. The van der Waals surface area contributed by atoms with E-state index in [0.717, 1.165) is 63.2 Å². The van der Waals surface area contributed by atoms with Crippen molar-refractivity contribution >= 4 is 17.3 Å². The molecule has 34 heavy (non-hydrogen) atoms. The summed E-state index contributed by atoms with van der Waals surface area (Å²) in [5.74, 6) is 1.12. The Labute approximate surface area is 201 Å². The number of amides is 1. The summed E-state index contributed by atoms with van der Waals surface area (Å²) in [6, 6.07) is 12.8. The molecule has 182 valence electrons. The molecule has 0 spiro atoms. The summed E-state index contributed by atoms with van der Waals surface area (Å²) in [5.41, 5.74) is 1.99. The van der Waals surface area contributed by atoms with Crippen LogP contribution in [0.2, 0.25) is 0 Å². The van der Waals surface area contributed by atoms with Gasteiger partial charge in [-0.1, -0.05) is 19.1 Å². The minimum absolute atomic E-state index is 0.00825. The molecular formula is C26H34N4O4. The number of nitrogens with zero attached hydrogens (tertiary/aromatic N) is 3. The van der Waals surface area contributed by atoms with Gasteiger partial charge < -0.3 is 15.0 Å². The number of carbonyl (C=O) groups is 1. The second-order valence-corrected chi connectivity index (χ2v) is 9.38. The molecule has 1 unspecified atom stereocenters. The minimum Gasteiger partial charge on any atom is -0.497 e. The highest BCUT2D eigenvalue weighted by atomic mass is 16.6. The first-order chi connectivity index (χ1) is 16.5. The second-order valence-electron chi connectivity index (χ2n) is 9.38. The molecule has 1 atom stereocenters. The van der Waals surface area contributed by atoms with Gasteiger partial charge in [0.15, 0.2) is 0 Å². The van der Waals surface area contributed by atoms with Crippen molar-refractivity contribution in [2.24, 2.45) is 5.92 Å². The Morgan fingerprint density at radius 2 is 1.88 bits per heavy atom. The molecule has 4 rings (SSSR count). The van der Waals surface area contributed by atoms with Gasteiger partial charge in [-0.25, -0.2) is 0 Å². The highest BCUT2D eigenvalue weighted by molar-refractivity contribution is 5.95. The SMILES string of the molecule is COc1cccc(C(CNC(=O)c2ccc(N3CCC(C)CC3)c([N+](=O)[O-])c2)N2CCCC2)c1. The lowest BCUT2D eigenvalue weighted by Crippen LogP contribution is -2.37. The van der Waals surface area contributed by atoms with Crippen LogP contribution < -0.4 is 15.0 Å². The quantitative estimate of drug-likeness (QED) is 0.458. The smallest absolute Gasteiger partial charge is 0.293 e. The molecule has 0 radical (unpaired) electrons. The largest absolute Gasteiger partial charge is 0.497 e. The van der Waals surface area contributed by atoms with E-state index in [-0.39, 0.29) is 22.6 Å². The normalized spacial score (nSPS) is 18.0. The van der Waals surface area contributed by atoms with Crippen molar-refractivity contribution in [1.82, 2.24) is 10.2 Å². The Kier molecular flexibility index (Phi) is 7.67. The summed E-state index contributed by atoms with van der Waals surface area (Å²) in [4.78, 5) is 28.9. The molecule has 2 aromatic rings. The van der Waals surface area contributed by atoms with Crippen molar-refractivity contribution in [1.29, 1.82) is 0 Å². The number of likely N-dealkylation sites (tertiary alicyclic amines) is 1. The summed E-state index contributed by atoms with van der Waals surface area (Å²) in [6.45, 7) is 6.18. The van der Waals surface area contributed by atoms with Crippen LogP contribution in [0.15, 0.2) is 42.5 Å². The lowest BCUT2D eigenvalue weighted by Gasteiger charge is -2.31. The van der Waals surface area contributed by atoms with Crippen LogP contribution in [0, 0.1) is 16.0 Å². The fourth-order valence-electron chi connectivity index (χ4n) is 4.98. The van der Waals surface area contributed by atoms with Gasteiger partial charge in [0.05, 0.1) is 18.1 Å². The zero-order chi connectivity index (χ0) is 24.1. The molecule has 0 bridgehead atoms. The van der Waals surface area contributed by atoms with E-state index in [1.165, 1.54) is 6.07 Å². The molecule has 2 heterocycles. The first-order valence-corrected chi connectivity index (χ1v) is 12.2. The number of rotatable bonds is 8. The maximum Gasteiger partial charge on any atom is 0.293 e. The summed E-state index contributed by atoms with van der Waals surface area (Å²) in [7, 11) is 1.65. The van der Waals surface area contributed by atoms with E-state index in [9.17, 15) is 14.9 Å². The molecule has 2 fully saturated rings.